The first-order chi connectivity index (χ1) is 6.84. The van der Waals surface area contributed by atoms with Gasteiger partial charge in [0.1, 0.15) is 0 Å². The fraction of sp³-hybridized carbons (Fsp3) is 0.625. The lowest BCUT2D eigenvalue weighted by Crippen LogP contribution is -2.44. The highest BCUT2D eigenvalue weighted by molar-refractivity contribution is 5.87. The molecule has 15 heavy (non-hydrogen) atoms. The summed E-state index contributed by atoms with van der Waals surface area (Å²) >= 11 is 0. The SMILES string of the molecule is CC(CNC(=O)C(N)CC(N)=O)C(=O)O. The summed E-state index contributed by atoms with van der Waals surface area (Å²) in [5, 5.41) is 10.8. The molecular weight excluding hydrogens is 202 g/mol. The van der Waals surface area contributed by atoms with Crippen LogP contribution in [0.2, 0.25) is 0 Å². The second-order valence-electron chi connectivity index (χ2n) is 3.26. The predicted octanol–water partition coefficient (Wildman–Crippen LogP) is -1.97. The van der Waals surface area contributed by atoms with Crippen molar-refractivity contribution in [3.05, 3.63) is 0 Å². The van der Waals surface area contributed by atoms with E-state index in [0.29, 0.717) is 0 Å². The molecule has 2 atom stereocenters. The number of carboxylic acid groups (broad SMARTS) is 1. The molecule has 0 saturated carbocycles. The fourth-order valence-electron chi connectivity index (χ4n) is 0.782. The molecular formula is C8H15N3O4. The van der Waals surface area contributed by atoms with Gasteiger partial charge in [0, 0.05) is 6.54 Å². The van der Waals surface area contributed by atoms with Gasteiger partial charge in [-0.25, -0.2) is 0 Å². The summed E-state index contributed by atoms with van der Waals surface area (Å²) in [6, 6.07) is -1.02. The van der Waals surface area contributed by atoms with Gasteiger partial charge in [-0.05, 0) is 0 Å². The summed E-state index contributed by atoms with van der Waals surface area (Å²) in [6.45, 7) is 1.42. The van der Waals surface area contributed by atoms with Gasteiger partial charge < -0.3 is 21.9 Å². The summed E-state index contributed by atoms with van der Waals surface area (Å²) in [6.07, 6.45) is -0.257. The highest BCUT2D eigenvalue weighted by Crippen LogP contribution is 1.93. The molecule has 0 aliphatic rings. The molecule has 2 amide bonds. The quantitative estimate of drug-likeness (QED) is 0.409. The van der Waals surface area contributed by atoms with Crippen LogP contribution in [0.25, 0.3) is 0 Å². The summed E-state index contributed by atoms with van der Waals surface area (Å²) in [4.78, 5) is 32.0. The minimum absolute atomic E-state index is 0.0272. The molecule has 0 aliphatic carbocycles. The van der Waals surface area contributed by atoms with Gasteiger partial charge in [0.2, 0.25) is 11.8 Å². The van der Waals surface area contributed by atoms with Crippen molar-refractivity contribution in [2.45, 2.75) is 19.4 Å². The molecule has 0 aromatic heterocycles. The van der Waals surface area contributed by atoms with Crippen molar-refractivity contribution in [2.24, 2.45) is 17.4 Å². The van der Waals surface area contributed by atoms with Crippen LogP contribution in [0.3, 0.4) is 0 Å². The van der Waals surface area contributed by atoms with Crippen molar-refractivity contribution in [1.82, 2.24) is 5.32 Å². The maximum absolute atomic E-state index is 11.2. The lowest BCUT2D eigenvalue weighted by atomic mass is 10.1. The van der Waals surface area contributed by atoms with E-state index in [1.807, 2.05) is 0 Å². The van der Waals surface area contributed by atoms with Crippen LogP contribution in [0.1, 0.15) is 13.3 Å². The molecule has 0 spiro atoms. The molecule has 86 valence electrons. The van der Waals surface area contributed by atoms with Crippen molar-refractivity contribution in [2.75, 3.05) is 6.54 Å². The van der Waals surface area contributed by atoms with Crippen LogP contribution in [0.15, 0.2) is 0 Å². The number of primary amides is 1. The average Bonchev–Trinajstić information content (AvgIpc) is 2.12. The summed E-state index contributed by atoms with van der Waals surface area (Å²) in [7, 11) is 0. The van der Waals surface area contributed by atoms with Crippen molar-refractivity contribution in [3.8, 4) is 0 Å². The molecule has 0 radical (unpaired) electrons. The number of carboxylic acids is 1. The normalized spacial score (nSPS) is 14.0. The van der Waals surface area contributed by atoms with E-state index in [4.69, 9.17) is 16.6 Å². The van der Waals surface area contributed by atoms with E-state index in [0.717, 1.165) is 0 Å². The van der Waals surface area contributed by atoms with E-state index in [2.05, 4.69) is 5.32 Å². The van der Waals surface area contributed by atoms with Gasteiger partial charge in [-0.2, -0.15) is 0 Å². The van der Waals surface area contributed by atoms with E-state index in [9.17, 15) is 14.4 Å². The fourth-order valence-corrected chi connectivity index (χ4v) is 0.782. The number of rotatable bonds is 6. The number of aliphatic carboxylic acids is 1. The number of carbonyl (C=O) groups is 3. The van der Waals surface area contributed by atoms with Crippen LogP contribution in [0.4, 0.5) is 0 Å². The monoisotopic (exact) mass is 217 g/mol. The zero-order valence-corrected chi connectivity index (χ0v) is 8.40. The number of hydrogen-bond donors (Lipinski definition) is 4. The zero-order chi connectivity index (χ0) is 12.0. The maximum atomic E-state index is 11.2. The smallest absolute Gasteiger partial charge is 0.308 e. The third-order valence-corrected chi connectivity index (χ3v) is 1.76. The highest BCUT2D eigenvalue weighted by atomic mass is 16.4. The summed E-state index contributed by atoms with van der Waals surface area (Å²) < 4.78 is 0. The minimum Gasteiger partial charge on any atom is -0.481 e. The summed E-state index contributed by atoms with van der Waals surface area (Å²) in [5.41, 5.74) is 10.2. The first-order valence-electron chi connectivity index (χ1n) is 4.39. The summed E-state index contributed by atoms with van der Waals surface area (Å²) in [5.74, 6) is -2.97. The highest BCUT2D eigenvalue weighted by Gasteiger charge is 2.18. The second kappa shape index (κ2) is 5.97. The van der Waals surface area contributed by atoms with Crippen molar-refractivity contribution in [3.63, 3.8) is 0 Å². The lowest BCUT2D eigenvalue weighted by Gasteiger charge is -2.12. The first-order valence-corrected chi connectivity index (χ1v) is 4.39. The lowest BCUT2D eigenvalue weighted by molar-refractivity contribution is -0.141. The molecule has 0 heterocycles. The largest absolute Gasteiger partial charge is 0.481 e. The number of carbonyl (C=O) groups excluding carboxylic acids is 2. The third kappa shape index (κ3) is 5.63. The third-order valence-electron chi connectivity index (χ3n) is 1.76. The van der Waals surface area contributed by atoms with Gasteiger partial charge in [-0.1, -0.05) is 6.92 Å². The van der Waals surface area contributed by atoms with Crippen LogP contribution in [-0.2, 0) is 14.4 Å². The molecule has 0 fully saturated rings. The Morgan fingerprint density at radius 3 is 2.33 bits per heavy atom. The number of nitrogens with two attached hydrogens (primary N) is 2. The molecule has 7 heteroatoms. The van der Waals surface area contributed by atoms with Crippen molar-refractivity contribution < 1.29 is 19.5 Å². The Morgan fingerprint density at radius 2 is 1.93 bits per heavy atom. The van der Waals surface area contributed by atoms with E-state index in [1.54, 1.807) is 0 Å². The Balaban J connectivity index is 3.93. The average molecular weight is 217 g/mol. The zero-order valence-electron chi connectivity index (χ0n) is 8.40. The molecule has 0 bridgehead atoms. The Kier molecular flexibility index (Phi) is 5.32. The molecule has 0 aromatic rings. The second-order valence-corrected chi connectivity index (χ2v) is 3.26. The van der Waals surface area contributed by atoms with Crippen LogP contribution in [0.5, 0.6) is 0 Å². The molecule has 0 aliphatic heterocycles. The van der Waals surface area contributed by atoms with Crippen LogP contribution in [-0.4, -0.2) is 35.5 Å². The molecule has 2 unspecified atom stereocenters. The van der Waals surface area contributed by atoms with Gasteiger partial charge in [-0.15, -0.1) is 0 Å². The van der Waals surface area contributed by atoms with Crippen molar-refractivity contribution in [1.29, 1.82) is 0 Å². The topological polar surface area (TPSA) is 136 Å². The molecule has 0 saturated heterocycles. The molecule has 7 nitrogen and oxygen atoms in total. The van der Waals surface area contributed by atoms with Crippen LogP contribution in [0, 0.1) is 5.92 Å². The Morgan fingerprint density at radius 1 is 1.40 bits per heavy atom. The molecule has 0 aromatic carbocycles. The van der Waals surface area contributed by atoms with E-state index >= 15 is 0 Å². The standard InChI is InChI=1S/C8H15N3O4/c1-4(8(14)15)3-11-7(13)5(9)2-6(10)12/h4-5H,2-3,9H2,1H3,(H2,10,12)(H,11,13)(H,14,15). The number of hydrogen-bond acceptors (Lipinski definition) is 4. The number of amides is 2. The molecule has 6 N–H and O–H groups in total. The van der Waals surface area contributed by atoms with E-state index in [-0.39, 0.29) is 13.0 Å². The number of nitrogens with one attached hydrogen (secondary N) is 1. The maximum Gasteiger partial charge on any atom is 0.308 e. The van der Waals surface area contributed by atoms with Gasteiger partial charge in [0.05, 0.1) is 18.4 Å². The van der Waals surface area contributed by atoms with Crippen molar-refractivity contribution >= 4 is 17.8 Å². The Labute approximate surface area is 86.8 Å². The van der Waals surface area contributed by atoms with Crippen LogP contribution >= 0.6 is 0 Å². The van der Waals surface area contributed by atoms with E-state index in [1.165, 1.54) is 6.92 Å². The van der Waals surface area contributed by atoms with Gasteiger partial charge in [-0.3, -0.25) is 14.4 Å². The van der Waals surface area contributed by atoms with Gasteiger partial charge in [0.15, 0.2) is 0 Å². The van der Waals surface area contributed by atoms with Gasteiger partial charge in [0.25, 0.3) is 0 Å². The minimum atomic E-state index is -1.02. The predicted molar refractivity (Wildman–Crippen MR) is 51.6 cm³/mol. The van der Waals surface area contributed by atoms with E-state index < -0.39 is 29.7 Å². The Bertz CT molecular complexity index is 267. The van der Waals surface area contributed by atoms with Crippen LogP contribution < -0.4 is 16.8 Å². The molecule has 0 rings (SSSR count). The Hall–Kier alpha value is -1.63. The van der Waals surface area contributed by atoms with Gasteiger partial charge >= 0.3 is 5.97 Å². The first kappa shape index (κ1) is 13.4.